The molecule has 1 aromatic rings. The molecule has 0 saturated carbocycles. The third-order valence-corrected chi connectivity index (χ3v) is 3.53. The highest BCUT2D eigenvalue weighted by molar-refractivity contribution is 6.22. The van der Waals surface area contributed by atoms with E-state index >= 15 is 0 Å². The van der Waals surface area contributed by atoms with Gasteiger partial charge in [0.1, 0.15) is 0 Å². The standard InChI is InChI=1S/C14H17NO3/c1-4-10(7-16)15-13(17)11-8(2)5-6-9(3)12(11)14(15)18/h5-6,10,16H,4,7H2,1-3H3/t10-/m1/s1. The molecular weight excluding hydrogens is 230 g/mol. The molecule has 0 aliphatic carbocycles. The van der Waals surface area contributed by atoms with Gasteiger partial charge < -0.3 is 5.11 Å². The van der Waals surface area contributed by atoms with Crippen molar-refractivity contribution in [2.45, 2.75) is 33.2 Å². The summed E-state index contributed by atoms with van der Waals surface area (Å²) in [6.45, 7) is 5.31. The largest absolute Gasteiger partial charge is 0.394 e. The van der Waals surface area contributed by atoms with Crippen LogP contribution >= 0.6 is 0 Å². The molecule has 2 rings (SSSR count). The van der Waals surface area contributed by atoms with Crippen molar-refractivity contribution in [2.75, 3.05) is 6.61 Å². The maximum Gasteiger partial charge on any atom is 0.262 e. The van der Waals surface area contributed by atoms with Crippen molar-refractivity contribution in [3.63, 3.8) is 0 Å². The van der Waals surface area contributed by atoms with Crippen LogP contribution in [-0.2, 0) is 0 Å². The van der Waals surface area contributed by atoms with Gasteiger partial charge in [-0.15, -0.1) is 0 Å². The van der Waals surface area contributed by atoms with E-state index in [1.165, 1.54) is 4.90 Å². The number of carbonyl (C=O) groups excluding carboxylic acids is 2. The van der Waals surface area contributed by atoms with Crippen molar-refractivity contribution in [3.05, 3.63) is 34.4 Å². The summed E-state index contributed by atoms with van der Waals surface area (Å²) in [5, 5.41) is 9.29. The lowest BCUT2D eigenvalue weighted by molar-refractivity contribution is 0.0511. The van der Waals surface area contributed by atoms with E-state index in [2.05, 4.69) is 0 Å². The average Bonchev–Trinajstić information content (AvgIpc) is 2.61. The summed E-state index contributed by atoms with van der Waals surface area (Å²) in [7, 11) is 0. The maximum atomic E-state index is 12.3. The van der Waals surface area contributed by atoms with Gasteiger partial charge in [-0.2, -0.15) is 0 Å². The normalized spacial score (nSPS) is 16.1. The number of aliphatic hydroxyl groups excluding tert-OH is 1. The third-order valence-electron chi connectivity index (χ3n) is 3.53. The van der Waals surface area contributed by atoms with Gasteiger partial charge >= 0.3 is 0 Å². The van der Waals surface area contributed by atoms with Crippen LogP contribution in [0.15, 0.2) is 12.1 Å². The summed E-state index contributed by atoms with van der Waals surface area (Å²) in [5.41, 5.74) is 2.60. The fourth-order valence-corrected chi connectivity index (χ4v) is 2.42. The fourth-order valence-electron chi connectivity index (χ4n) is 2.42. The van der Waals surface area contributed by atoms with Crippen LogP contribution in [0.2, 0.25) is 0 Å². The molecule has 0 unspecified atom stereocenters. The number of aliphatic hydroxyl groups is 1. The van der Waals surface area contributed by atoms with Gasteiger partial charge in [-0.3, -0.25) is 14.5 Å². The van der Waals surface area contributed by atoms with Gasteiger partial charge in [0, 0.05) is 0 Å². The van der Waals surface area contributed by atoms with Gasteiger partial charge in [0.15, 0.2) is 0 Å². The highest BCUT2D eigenvalue weighted by Gasteiger charge is 2.40. The Labute approximate surface area is 106 Å². The first-order valence-corrected chi connectivity index (χ1v) is 6.11. The van der Waals surface area contributed by atoms with Gasteiger partial charge in [0.05, 0.1) is 23.8 Å². The Bertz CT molecular complexity index is 477. The average molecular weight is 247 g/mol. The number of fused-ring (bicyclic) bond motifs is 1. The molecule has 2 amide bonds. The van der Waals surface area contributed by atoms with E-state index in [4.69, 9.17) is 0 Å². The lowest BCUT2D eigenvalue weighted by Gasteiger charge is -2.22. The topological polar surface area (TPSA) is 57.6 Å². The summed E-state index contributed by atoms with van der Waals surface area (Å²) in [6.07, 6.45) is 0.556. The van der Waals surface area contributed by atoms with Gasteiger partial charge in [-0.05, 0) is 31.4 Å². The first-order valence-electron chi connectivity index (χ1n) is 6.11. The molecule has 96 valence electrons. The summed E-state index contributed by atoms with van der Waals surface area (Å²) in [6, 6.07) is 3.27. The Kier molecular flexibility index (Phi) is 3.22. The second kappa shape index (κ2) is 4.53. The molecular formula is C14H17NO3. The van der Waals surface area contributed by atoms with E-state index in [0.717, 1.165) is 11.1 Å². The predicted molar refractivity (Wildman–Crippen MR) is 67.6 cm³/mol. The molecule has 1 aliphatic rings. The molecule has 1 aromatic carbocycles. The quantitative estimate of drug-likeness (QED) is 0.827. The lowest BCUT2D eigenvalue weighted by Crippen LogP contribution is -2.41. The molecule has 0 fully saturated rings. The minimum Gasteiger partial charge on any atom is -0.394 e. The predicted octanol–water partition coefficient (Wildman–Crippen LogP) is 1.67. The van der Waals surface area contributed by atoms with Crippen molar-refractivity contribution in [3.8, 4) is 0 Å². The first kappa shape index (κ1) is 12.8. The number of imide groups is 1. The van der Waals surface area contributed by atoms with Crippen LogP contribution in [0, 0.1) is 13.8 Å². The molecule has 1 aliphatic heterocycles. The Morgan fingerprint density at radius 2 is 1.56 bits per heavy atom. The number of nitrogens with zero attached hydrogens (tertiary/aromatic N) is 1. The Hall–Kier alpha value is -1.68. The van der Waals surface area contributed by atoms with Gasteiger partial charge in [0.2, 0.25) is 0 Å². The van der Waals surface area contributed by atoms with Gasteiger partial charge in [-0.25, -0.2) is 0 Å². The molecule has 0 aromatic heterocycles. The molecule has 1 atom stereocenters. The van der Waals surface area contributed by atoms with Crippen molar-refractivity contribution in [2.24, 2.45) is 0 Å². The first-order chi connectivity index (χ1) is 8.52. The monoisotopic (exact) mass is 247 g/mol. The van der Waals surface area contributed by atoms with E-state index in [9.17, 15) is 14.7 Å². The SMILES string of the molecule is CC[C@H](CO)N1C(=O)c2c(C)ccc(C)c2C1=O. The number of aryl methyl sites for hydroxylation is 2. The van der Waals surface area contributed by atoms with E-state index < -0.39 is 6.04 Å². The number of hydrogen-bond donors (Lipinski definition) is 1. The van der Waals surface area contributed by atoms with E-state index in [1.54, 1.807) is 0 Å². The highest BCUT2D eigenvalue weighted by Crippen LogP contribution is 2.30. The van der Waals surface area contributed by atoms with Gasteiger partial charge in [-0.1, -0.05) is 19.1 Å². The zero-order valence-electron chi connectivity index (χ0n) is 10.9. The van der Waals surface area contributed by atoms with Crippen LogP contribution in [0.4, 0.5) is 0 Å². The fraction of sp³-hybridized carbons (Fsp3) is 0.429. The van der Waals surface area contributed by atoms with E-state index in [0.29, 0.717) is 17.5 Å². The Balaban J connectivity index is 2.57. The van der Waals surface area contributed by atoms with Crippen LogP contribution in [-0.4, -0.2) is 34.5 Å². The maximum absolute atomic E-state index is 12.3. The summed E-state index contributed by atoms with van der Waals surface area (Å²) in [5.74, 6) is -0.561. The molecule has 0 spiro atoms. The number of amides is 2. The third kappa shape index (κ3) is 1.64. The molecule has 1 N–H and O–H groups in total. The second-order valence-electron chi connectivity index (χ2n) is 4.67. The molecule has 0 bridgehead atoms. The minimum absolute atomic E-state index is 0.194. The number of hydrogen-bond acceptors (Lipinski definition) is 3. The van der Waals surface area contributed by atoms with Crippen molar-refractivity contribution in [1.29, 1.82) is 0 Å². The second-order valence-corrected chi connectivity index (χ2v) is 4.67. The number of rotatable bonds is 3. The number of carbonyl (C=O) groups is 2. The van der Waals surface area contributed by atoms with E-state index in [-0.39, 0.29) is 18.4 Å². The summed E-state index contributed by atoms with van der Waals surface area (Å²) >= 11 is 0. The van der Waals surface area contributed by atoms with Crippen LogP contribution in [0.25, 0.3) is 0 Å². The molecule has 1 heterocycles. The highest BCUT2D eigenvalue weighted by atomic mass is 16.3. The van der Waals surface area contributed by atoms with E-state index in [1.807, 2.05) is 32.9 Å². The Morgan fingerprint density at radius 3 is 1.89 bits per heavy atom. The van der Waals surface area contributed by atoms with Crippen LogP contribution in [0.3, 0.4) is 0 Å². The molecule has 0 radical (unpaired) electrons. The molecule has 4 heteroatoms. The van der Waals surface area contributed by atoms with Crippen LogP contribution < -0.4 is 0 Å². The number of benzene rings is 1. The summed E-state index contributed by atoms with van der Waals surface area (Å²) < 4.78 is 0. The van der Waals surface area contributed by atoms with Crippen LogP contribution in [0.5, 0.6) is 0 Å². The molecule has 0 saturated heterocycles. The zero-order chi connectivity index (χ0) is 13.4. The molecule has 4 nitrogen and oxygen atoms in total. The minimum atomic E-state index is -0.434. The lowest BCUT2D eigenvalue weighted by atomic mass is 9.99. The van der Waals surface area contributed by atoms with Crippen LogP contribution in [0.1, 0.15) is 45.2 Å². The smallest absolute Gasteiger partial charge is 0.262 e. The Morgan fingerprint density at radius 1 is 1.11 bits per heavy atom. The van der Waals surface area contributed by atoms with Crippen molar-refractivity contribution >= 4 is 11.8 Å². The zero-order valence-corrected chi connectivity index (χ0v) is 10.9. The van der Waals surface area contributed by atoms with Crippen molar-refractivity contribution < 1.29 is 14.7 Å². The van der Waals surface area contributed by atoms with Gasteiger partial charge in [0.25, 0.3) is 11.8 Å². The summed E-state index contributed by atoms with van der Waals surface area (Å²) in [4.78, 5) is 25.9. The molecule has 18 heavy (non-hydrogen) atoms. The van der Waals surface area contributed by atoms with Crippen molar-refractivity contribution in [1.82, 2.24) is 4.90 Å².